The van der Waals surface area contributed by atoms with Crippen molar-refractivity contribution in [1.29, 1.82) is 0 Å². The van der Waals surface area contributed by atoms with E-state index >= 15 is 0 Å². The average Bonchev–Trinajstić information content (AvgIpc) is 2.45. The normalized spacial score (nSPS) is 19.9. The first kappa shape index (κ1) is 14.6. The standard InChI is InChI=1S/C19H22BrN/c1-13-8-9-18(16(20)12-13)21-17-10-11-19(2,3)15-7-5-4-6-14(15)17/h4-9,12,17,21H,10-11H2,1-3H3. The van der Waals surface area contributed by atoms with Crippen LogP contribution in [0.2, 0.25) is 0 Å². The van der Waals surface area contributed by atoms with Crippen molar-refractivity contribution < 1.29 is 0 Å². The summed E-state index contributed by atoms with van der Waals surface area (Å²) >= 11 is 3.67. The molecule has 21 heavy (non-hydrogen) atoms. The van der Waals surface area contributed by atoms with Gasteiger partial charge in [-0.25, -0.2) is 0 Å². The molecule has 1 N–H and O–H groups in total. The molecular formula is C19H22BrN. The molecule has 1 aliphatic carbocycles. The Bertz CT molecular complexity index is 660. The molecule has 2 aromatic carbocycles. The molecule has 1 nitrogen and oxygen atoms in total. The number of rotatable bonds is 2. The molecule has 0 aromatic heterocycles. The molecule has 0 aliphatic heterocycles. The fourth-order valence-corrected chi connectivity index (χ4v) is 3.90. The van der Waals surface area contributed by atoms with E-state index in [1.54, 1.807) is 0 Å². The molecular weight excluding hydrogens is 322 g/mol. The zero-order chi connectivity index (χ0) is 15.0. The third-order valence-corrected chi connectivity index (χ3v) is 5.23. The molecule has 0 bridgehead atoms. The van der Waals surface area contributed by atoms with Crippen LogP contribution in [0.25, 0.3) is 0 Å². The van der Waals surface area contributed by atoms with Gasteiger partial charge in [-0.05, 0) is 69.9 Å². The summed E-state index contributed by atoms with van der Waals surface area (Å²) < 4.78 is 1.14. The second-order valence-corrected chi connectivity index (χ2v) is 7.54. The van der Waals surface area contributed by atoms with Crippen LogP contribution >= 0.6 is 15.9 Å². The highest BCUT2D eigenvalue weighted by molar-refractivity contribution is 9.10. The maximum Gasteiger partial charge on any atom is 0.0517 e. The van der Waals surface area contributed by atoms with Crippen LogP contribution in [0.5, 0.6) is 0 Å². The van der Waals surface area contributed by atoms with Crippen LogP contribution in [0.1, 0.15) is 49.4 Å². The van der Waals surface area contributed by atoms with Gasteiger partial charge in [0.2, 0.25) is 0 Å². The Morgan fingerprint density at radius 3 is 2.67 bits per heavy atom. The molecule has 2 heteroatoms. The molecule has 0 spiro atoms. The molecule has 2 aromatic rings. The van der Waals surface area contributed by atoms with E-state index in [1.807, 2.05) is 0 Å². The second kappa shape index (κ2) is 5.49. The SMILES string of the molecule is Cc1ccc(NC2CCC(C)(C)c3ccccc32)c(Br)c1. The van der Waals surface area contributed by atoms with Gasteiger partial charge in [0.1, 0.15) is 0 Å². The quantitative estimate of drug-likeness (QED) is 0.706. The van der Waals surface area contributed by atoms with Gasteiger partial charge in [-0.1, -0.05) is 44.2 Å². The summed E-state index contributed by atoms with van der Waals surface area (Å²) in [4.78, 5) is 0. The van der Waals surface area contributed by atoms with Crippen molar-refractivity contribution in [2.75, 3.05) is 5.32 Å². The first-order chi connectivity index (χ1) is 9.97. The van der Waals surface area contributed by atoms with E-state index in [0.29, 0.717) is 6.04 Å². The lowest BCUT2D eigenvalue weighted by atomic mass is 9.71. The van der Waals surface area contributed by atoms with Crippen LogP contribution in [0.4, 0.5) is 5.69 Å². The minimum atomic E-state index is 0.277. The zero-order valence-electron chi connectivity index (χ0n) is 12.9. The third kappa shape index (κ3) is 2.87. The fourth-order valence-electron chi connectivity index (χ4n) is 3.29. The molecule has 1 atom stereocenters. The van der Waals surface area contributed by atoms with Crippen LogP contribution in [-0.4, -0.2) is 0 Å². The average molecular weight is 344 g/mol. The van der Waals surface area contributed by atoms with Crippen LogP contribution < -0.4 is 5.32 Å². The molecule has 0 saturated heterocycles. The monoisotopic (exact) mass is 343 g/mol. The Hall–Kier alpha value is -1.28. The summed E-state index contributed by atoms with van der Waals surface area (Å²) in [5, 5.41) is 3.72. The molecule has 0 amide bonds. The predicted molar refractivity (Wildman–Crippen MR) is 93.9 cm³/mol. The van der Waals surface area contributed by atoms with Gasteiger partial charge in [0, 0.05) is 10.2 Å². The lowest BCUT2D eigenvalue weighted by Crippen LogP contribution is -2.29. The van der Waals surface area contributed by atoms with Crippen LogP contribution in [-0.2, 0) is 5.41 Å². The number of halogens is 1. The van der Waals surface area contributed by atoms with Gasteiger partial charge in [0.15, 0.2) is 0 Å². The van der Waals surface area contributed by atoms with E-state index in [-0.39, 0.29) is 5.41 Å². The van der Waals surface area contributed by atoms with Crippen molar-refractivity contribution in [3.05, 3.63) is 63.6 Å². The van der Waals surface area contributed by atoms with Crippen molar-refractivity contribution in [1.82, 2.24) is 0 Å². The molecule has 0 heterocycles. The van der Waals surface area contributed by atoms with E-state index in [9.17, 15) is 0 Å². The van der Waals surface area contributed by atoms with E-state index in [4.69, 9.17) is 0 Å². The second-order valence-electron chi connectivity index (χ2n) is 6.69. The van der Waals surface area contributed by atoms with Crippen LogP contribution in [0.3, 0.4) is 0 Å². The lowest BCUT2D eigenvalue weighted by Gasteiger charge is -2.38. The molecule has 1 unspecified atom stereocenters. The molecule has 110 valence electrons. The molecule has 1 aliphatic rings. The summed E-state index contributed by atoms with van der Waals surface area (Å²) in [5.74, 6) is 0. The Morgan fingerprint density at radius 2 is 1.90 bits per heavy atom. The highest BCUT2D eigenvalue weighted by Crippen LogP contribution is 2.43. The summed E-state index contributed by atoms with van der Waals surface area (Å²) in [6.45, 7) is 6.82. The smallest absolute Gasteiger partial charge is 0.0517 e. The summed E-state index contributed by atoms with van der Waals surface area (Å²) in [5.41, 5.74) is 5.66. The number of aryl methyl sites for hydroxylation is 1. The van der Waals surface area contributed by atoms with Gasteiger partial charge in [-0.3, -0.25) is 0 Å². The van der Waals surface area contributed by atoms with E-state index in [0.717, 1.165) is 4.47 Å². The summed E-state index contributed by atoms with van der Waals surface area (Å²) in [6, 6.07) is 15.8. The van der Waals surface area contributed by atoms with Gasteiger partial charge in [0.25, 0.3) is 0 Å². The van der Waals surface area contributed by atoms with Gasteiger partial charge in [-0.2, -0.15) is 0 Å². The van der Waals surface area contributed by atoms with Crippen molar-refractivity contribution in [3.8, 4) is 0 Å². The fraction of sp³-hybridized carbons (Fsp3) is 0.368. The molecule has 3 rings (SSSR count). The topological polar surface area (TPSA) is 12.0 Å². The van der Waals surface area contributed by atoms with Gasteiger partial charge < -0.3 is 5.32 Å². The molecule has 0 saturated carbocycles. The Kier molecular flexibility index (Phi) is 3.83. The Labute approximate surface area is 135 Å². The predicted octanol–water partition coefficient (Wildman–Crippen LogP) is 5.98. The number of hydrogen-bond donors (Lipinski definition) is 1. The number of fused-ring (bicyclic) bond motifs is 1. The third-order valence-electron chi connectivity index (χ3n) is 4.58. The zero-order valence-corrected chi connectivity index (χ0v) is 14.5. The van der Waals surface area contributed by atoms with E-state index in [1.165, 1.54) is 35.2 Å². The van der Waals surface area contributed by atoms with Crippen molar-refractivity contribution in [3.63, 3.8) is 0 Å². The highest BCUT2D eigenvalue weighted by atomic mass is 79.9. The summed E-state index contributed by atoms with van der Waals surface area (Å²) in [6.07, 6.45) is 2.38. The first-order valence-corrected chi connectivity index (χ1v) is 8.39. The molecule has 0 radical (unpaired) electrons. The minimum Gasteiger partial charge on any atom is -0.377 e. The number of benzene rings is 2. The summed E-state index contributed by atoms with van der Waals surface area (Å²) in [7, 11) is 0. The number of anilines is 1. The van der Waals surface area contributed by atoms with Gasteiger partial charge >= 0.3 is 0 Å². The van der Waals surface area contributed by atoms with Crippen molar-refractivity contribution >= 4 is 21.6 Å². The largest absolute Gasteiger partial charge is 0.377 e. The van der Waals surface area contributed by atoms with Gasteiger partial charge in [-0.15, -0.1) is 0 Å². The highest BCUT2D eigenvalue weighted by Gasteiger charge is 2.32. The van der Waals surface area contributed by atoms with E-state index < -0.39 is 0 Å². The Balaban J connectivity index is 1.94. The lowest BCUT2D eigenvalue weighted by molar-refractivity contribution is 0.406. The van der Waals surface area contributed by atoms with E-state index in [2.05, 4.69) is 84.5 Å². The first-order valence-electron chi connectivity index (χ1n) is 7.59. The van der Waals surface area contributed by atoms with Crippen LogP contribution in [0, 0.1) is 6.92 Å². The number of hydrogen-bond acceptors (Lipinski definition) is 1. The van der Waals surface area contributed by atoms with Crippen molar-refractivity contribution in [2.24, 2.45) is 0 Å². The van der Waals surface area contributed by atoms with Gasteiger partial charge in [0.05, 0.1) is 6.04 Å². The number of nitrogens with one attached hydrogen (secondary N) is 1. The van der Waals surface area contributed by atoms with Crippen LogP contribution in [0.15, 0.2) is 46.9 Å². The maximum absolute atomic E-state index is 3.72. The molecule has 0 fully saturated rings. The van der Waals surface area contributed by atoms with Crippen molar-refractivity contribution in [2.45, 2.75) is 45.1 Å². The maximum atomic E-state index is 3.72. The Morgan fingerprint density at radius 1 is 1.14 bits per heavy atom. The minimum absolute atomic E-state index is 0.277.